The van der Waals surface area contributed by atoms with Gasteiger partial charge in [-0.2, -0.15) is 0 Å². The van der Waals surface area contributed by atoms with Gasteiger partial charge in [0, 0.05) is 0 Å². The van der Waals surface area contributed by atoms with Crippen molar-refractivity contribution < 1.29 is 8.78 Å². The summed E-state index contributed by atoms with van der Waals surface area (Å²) in [7, 11) is 0. The molecule has 0 unspecified atom stereocenters. The standard InChI is InChI=1S/C20H28F2/c1-2-3-4-6-16-8-10-17(11-9-16)19-13-12-18(7-5-14-21)20(22)15-19/h5,12-17H,2-4,6-11H2,1H3/b14-5+. The lowest BCUT2D eigenvalue weighted by Gasteiger charge is -2.29. The Morgan fingerprint density at radius 3 is 2.55 bits per heavy atom. The largest absolute Gasteiger partial charge is 0.216 e. The summed E-state index contributed by atoms with van der Waals surface area (Å²) in [6, 6.07) is 5.52. The molecule has 1 aromatic rings. The van der Waals surface area contributed by atoms with Crippen LogP contribution >= 0.6 is 0 Å². The number of unbranched alkanes of at least 4 members (excludes halogenated alkanes) is 2. The SMILES string of the molecule is CCCCCC1CCC(c2ccc(C/C=C/F)c(F)c2)CC1. The van der Waals surface area contributed by atoms with E-state index in [4.69, 9.17) is 0 Å². The smallest absolute Gasteiger partial charge is 0.126 e. The summed E-state index contributed by atoms with van der Waals surface area (Å²) < 4.78 is 26.1. The van der Waals surface area contributed by atoms with Crippen LogP contribution in [0.4, 0.5) is 8.78 Å². The molecule has 1 aromatic carbocycles. The molecule has 1 aliphatic carbocycles. The summed E-state index contributed by atoms with van der Waals surface area (Å²) in [4.78, 5) is 0. The van der Waals surface area contributed by atoms with Gasteiger partial charge in [0.25, 0.3) is 0 Å². The first-order valence-corrected chi connectivity index (χ1v) is 8.78. The Kier molecular flexibility index (Phi) is 7.08. The molecular weight excluding hydrogens is 278 g/mol. The van der Waals surface area contributed by atoms with Gasteiger partial charge in [0.2, 0.25) is 0 Å². The molecule has 2 heteroatoms. The third kappa shape index (κ3) is 4.93. The highest BCUT2D eigenvalue weighted by Gasteiger charge is 2.22. The Balaban J connectivity index is 1.87. The highest BCUT2D eigenvalue weighted by Crippen LogP contribution is 2.38. The summed E-state index contributed by atoms with van der Waals surface area (Å²) in [6.07, 6.45) is 12.4. The zero-order chi connectivity index (χ0) is 15.8. The van der Waals surface area contributed by atoms with Crippen molar-refractivity contribution in [2.24, 2.45) is 5.92 Å². The summed E-state index contributed by atoms with van der Waals surface area (Å²) in [5.74, 6) is 1.19. The third-order valence-electron chi connectivity index (χ3n) is 5.04. The van der Waals surface area contributed by atoms with E-state index in [0.29, 0.717) is 24.2 Å². The zero-order valence-electron chi connectivity index (χ0n) is 13.7. The molecule has 0 atom stereocenters. The molecule has 0 aliphatic heterocycles. The van der Waals surface area contributed by atoms with Gasteiger partial charge >= 0.3 is 0 Å². The molecule has 0 saturated heterocycles. The Labute approximate surface area is 133 Å². The van der Waals surface area contributed by atoms with Crippen molar-refractivity contribution in [2.75, 3.05) is 0 Å². The van der Waals surface area contributed by atoms with Gasteiger partial charge in [-0.15, -0.1) is 0 Å². The van der Waals surface area contributed by atoms with E-state index in [9.17, 15) is 8.78 Å². The first-order chi connectivity index (χ1) is 10.7. The maximum atomic E-state index is 14.1. The van der Waals surface area contributed by atoms with Crippen LogP contribution in [0.1, 0.15) is 75.3 Å². The van der Waals surface area contributed by atoms with Gasteiger partial charge in [0.05, 0.1) is 6.33 Å². The summed E-state index contributed by atoms with van der Waals surface area (Å²) in [6.45, 7) is 2.25. The minimum absolute atomic E-state index is 0.194. The zero-order valence-corrected chi connectivity index (χ0v) is 13.7. The van der Waals surface area contributed by atoms with Crippen molar-refractivity contribution in [1.29, 1.82) is 0 Å². The van der Waals surface area contributed by atoms with E-state index in [1.54, 1.807) is 6.07 Å². The number of rotatable bonds is 7. The average molecular weight is 306 g/mol. The quantitative estimate of drug-likeness (QED) is 0.491. The van der Waals surface area contributed by atoms with Crippen molar-refractivity contribution in [3.05, 3.63) is 47.5 Å². The third-order valence-corrected chi connectivity index (χ3v) is 5.04. The molecule has 0 radical (unpaired) electrons. The number of benzene rings is 1. The molecule has 0 spiro atoms. The van der Waals surface area contributed by atoms with E-state index in [-0.39, 0.29) is 5.82 Å². The highest BCUT2D eigenvalue weighted by atomic mass is 19.1. The predicted molar refractivity (Wildman–Crippen MR) is 89.2 cm³/mol. The number of hydrogen-bond donors (Lipinski definition) is 0. The van der Waals surface area contributed by atoms with E-state index in [1.165, 1.54) is 57.4 Å². The van der Waals surface area contributed by atoms with E-state index in [1.807, 2.05) is 12.1 Å². The van der Waals surface area contributed by atoms with E-state index < -0.39 is 0 Å². The first kappa shape index (κ1) is 17.2. The Morgan fingerprint density at radius 1 is 1.14 bits per heavy atom. The van der Waals surface area contributed by atoms with Gasteiger partial charge in [0.1, 0.15) is 5.82 Å². The van der Waals surface area contributed by atoms with Gasteiger partial charge < -0.3 is 0 Å². The van der Waals surface area contributed by atoms with E-state index in [0.717, 1.165) is 11.5 Å². The van der Waals surface area contributed by atoms with Crippen LogP contribution in [0.15, 0.2) is 30.6 Å². The fourth-order valence-corrected chi connectivity index (χ4v) is 3.62. The van der Waals surface area contributed by atoms with Crippen molar-refractivity contribution in [3.8, 4) is 0 Å². The molecule has 1 aliphatic rings. The lowest BCUT2D eigenvalue weighted by atomic mass is 9.77. The molecule has 0 heterocycles. The molecule has 0 amide bonds. The second-order valence-corrected chi connectivity index (χ2v) is 6.63. The first-order valence-electron chi connectivity index (χ1n) is 8.78. The summed E-state index contributed by atoms with van der Waals surface area (Å²) in [5.41, 5.74) is 1.70. The lowest BCUT2D eigenvalue weighted by Crippen LogP contribution is -2.13. The molecule has 0 aromatic heterocycles. The van der Waals surface area contributed by atoms with Crippen LogP contribution in [0.5, 0.6) is 0 Å². The molecule has 0 N–H and O–H groups in total. The van der Waals surface area contributed by atoms with E-state index in [2.05, 4.69) is 6.92 Å². The molecule has 22 heavy (non-hydrogen) atoms. The van der Waals surface area contributed by atoms with Gasteiger partial charge in [-0.25, -0.2) is 8.78 Å². The summed E-state index contributed by atoms with van der Waals surface area (Å²) in [5, 5.41) is 0. The number of allylic oxidation sites excluding steroid dienone is 1. The van der Waals surface area contributed by atoms with Gasteiger partial charge in [-0.3, -0.25) is 0 Å². The van der Waals surface area contributed by atoms with Crippen LogP contribution in [0, 0.1) is 11.7 Å². The molecule has 0 nitrogen and oxygen atoms in total. The fraction of sp³-hybridized carbons (Fsp3) is 0.600. The normalized spacial score (nSPS) is 22.3. The molecule has 1 saturated carbocycles. The summed E-state index contributed by atoms with van der Waals surface area (Å²) >= 11 is 0. The van der Waals surface area contributed by atoms with Crippen molar-refractivity contribution in [3.63, 3.8) is 0 Å². The van der Waals surface area contributed by atoms with Crippen LogP contribution in [0.3, 0.4) is 0 Å². The van der Waals surface area contributed by atoms with E-state index >= 15 is 0 Å². The number of hydrogen-bond acceptors (Lipinski definition) is 0. The highest BCUT2D eigenvalue weighted by molar-refractivity contribution is 5.28. The fourth-order valence-electron chi connectivity index (χ4n) is 3.62. The molecule has 1 fully saturated rings. The molecule has 2 rings (SSSR count). The molecular formula is C20H28F2. The van der Waals surface area contributed by atoms with Gasteiger partial charge in [0.15, 0.2) is 0 Å². The van der Waals surface area contributed by atoms with Gasteiger partial charge in [-0.1, -0.05) is 50.8 Å². The second-order valence-electron chi connectivity index (χ2n) is 6.63. The second kappa shape index (κ2) is 9.07. The maximum absolute atomic E-state index is 14.1. The van der Waals surface area contributed by atoms with Crippen LogP contribution in [-0.2, 0) is 6.42 Å². The monoisotopic (exact) mass is 306 g/mol. The van der Waals surface area contributed by atoms with Crippen molar-refractivity contribution in [2.45, 2.75) is 70.6 Å². The van der Waals surface area contributed by atoms with Crippen molar-refractivity contribution in [1.82, 2.24) is 0 Å². The number of halogens is 2. The topological polar surface area (TPSA) is 0 Å². The van der Waals surface area contributed by atoms with Crippen LogP contribution < -0.4 is 0 Å². The van der Waals surface area contributed by atoms with Crippen molar-refractivity contribution >= 4 is 0 Å². The van der Waals surface area contributed by atoms with Crippen LogP contribution in [-0.4, -0.2) is 0 Å². The van der Waals surface area contributed by atoms with Crippen LogP contribution in [0.25, 0.3) is 0 Å². The minimum Gasteiger partial charge on any atom is -0.216 e. The average Bonchev–Trinajstić information content (AvgIpc) is 2.54. The van der Waals surface area contributed by atoms with Gasteiger partial charge in [-0.05, 0) is 61.1 Å². The Hall–Kier alpha value is -1.18. The molecule has 0 bridgehead atoms. The maximum Gasteiger partial charge on any atom is 0.126 e. The Bertz CT molecular complexity index is 471. The lowest BCUT2D eigenvalue weighted by molar-refractivity contribution is 0.302. The molecule has 122 valence electrons. The minimum atomic E-state index is -0.194. The Morgan fingerprint density at radius 2 is 1.91 bits per heavy atom. The predicted octanol–water partition coefficient (Wildman–Crippen LogP) is 6.71. The van der Waals surface area contributed by atoms with Crippen LogP contribution in [0.2, 0.25) is 0 Å².